The summed E-state index contributed by atoms with van der Waals surface area (Å²) in [5, 5.41) is 1.04. The van der Waals surface area contributed by atoms with E-state index >= 15 is 0 Å². The second kappa shape index (κ2) is 6.18. The van der Waals surface area contributed by atoms with Gasteiger partial charge in [0.15, 0.2) is 5.75 Å². The first-order valence-electron chi connectivity index (χ1n) is 6.81. The Kier molecular flexibility index (Phi) is 4.10. The zero-order valence-electron chi connectivity index (χ0n) is 11.6. The highest BCUT2D eigenvalue weighted by Gasteiger charge is 2.08. The molecular formula is C16H14BrN3O. The predicted molar refractivity (Wildman–Crippen MR) is 85.5 cm³/mol. The van der Waals surface area contributed by atoms with Crippen molar-refractivity contribution < 1.29 is 4.74 Å². The van der Waals surface area contributed by atoms with Crippen LogP contribution in [0.15, 0.2) is 47.2 Å². The Bertz CT molecular complexity index is 771. The van der Waals surface area contributed by atoms with Crippen molar-refractivity contribution in [2.24, 2.45) is 0 Å². The summed E-state index contributed by atoms with van der Waals surface area (Å²) < 4.78 is 6.64. The number of aryl methyl sites for hydroxylation is 1. The van der Waals surface area contributed by atoms with Gasteiger partial charge in [-0.05, 0) is 34.5 Å². The molecule has 0 aliphatic rings. The largest absolute Gasteiger partial charge is 0.437 e. The summed E-state index contributed by atoms with van der Waals surface area (Å²) >= 11 is 3.40. The van der Waals surface area contributed by atoms with Crippen molar-refractivity contribution in [1.82, 2.24) is 15.0 Å². The molecule has 0 atom stereocenters. The molecule has 4 nitrogen and oxygen atoms in total. The van der Waals surface area contributed by atoms with Crippen molar-refractivity contribution in [3.8, 4) is 11.6 Å². The summed E-state index contributed by atoms with van der Waals surface area (Å²) in [5.41, 5.74) is 0.826. The second-order valence-corrected chi connectivity index (χ2v) is 5.44. The van der Waals surface area contributed by atoms with E-state index < -0.39 is 0 Å². The Labute approximate surface area is 131 Å². The molecule has 0 saturated heterocycles. The van der Waals surface area contributed by atoms with Crippen LogP contribution in [0.2, 0.25) is 0 Å². The molecule has 3 rings (SSSR count). The molecule has 0 fully saturated rings. The van der Waals surface area contributed by atoms with Gasteiger partial charge in [-0.15, -0.1) is 0 Å². The van der Waals surface area contributed by atoms with Crippen molar-refractivity contribution in [2.45, 2.75) is 19.8 Å². The maximum absolute atomic E-state index is 5.92. The third-order valence-corrected chi connectivity index (χ3v) is 3.41. The van der Waals surface area contributed by atoms with Crippen LogP contribution in [0.4, 0.5) is 0 Å². The molecule has 21 heavy (non-hydrogen) atoms. The number of halogens is 1. The molecule has 5 heteroatoms. The zero-order valence-corrected chi connectivity index (χ0v) is 13.2. The number of rotatable bonds is 4. The molecule has 0 aliphatic carbocycles. The molecule has 0 aliphatic heterocycles. The molecule has 0 radical (unpaired) electrons. The van der Waals surface area contributed by atoms with Crippen LogP contribution >= 0.6 is 15.9 Å². The standard InChI is InChI=1S/C16H14BrN3O/c1-2-5-14-19-13(17)10-15(20-14)21-12-8-3-6-11-7-4-9-18-16(11)12/h3-4,6-10H,2,5H2,1H3. The summed E-state index contributed by atoms with van der Waals surface area (Å²) in [6, 6.07) is 11.5. The van der Waals surface area contributed by atoms with E-state index in [1.165, 1.54) is 0 Å². The summed E-state index contributed by atoms with van der Waals surface area (Å²) in [5.74, 6) is 2.00. The minimum atomic E-state index is 0.526. The van der Waals surface area contributed by atoms with Crippen LogP contribution in [0, 0.1) is 0 Å². The van der Waals surface area contributed by atoms with E-state index in [-0.39, 0.29) is 0 Å². The number of ether oxygens (including phenoxy) is 1. The van der Waals surface area contributed by atoms with Crippen LogP contribution in [-0.2, 0) is 6.42 Å². The smallest absolute Gasteiger partial charge is 0.223 e. The molecular weight excluding hydrogens is 330 g/mol. The summed E-state index contributed by atoms with van der Waals surface area (Å²) in [6.07, 6.45) is 3.57. The highest BCUT2D eigenvalue weighted by atomic mass is 79.9. The minimum absolute atomic E-state index is 0.526. The molecule has 3 aromatic rings. The van der Waals surface area contributed by atoms with Crippen molar-refractivity contribution in [3.63, 3.8) is 0 Å². The van der Waals surface area contributed by atoms with Gasteiger partial charge in [0.2, 0.25) is 5.88 Å². The van der Waals surface area contributed by atoms with Gasteiger partial charge in [-0.2, -0.15) is 4.98 Å². The number of benzene rings is 1. The quantitative estimate of drug-likeness (QED) is 0.653. The number of hydrogen-bond donors (Lipinski definition) is 0. The van der Waals surface area contributed by atoms with E-state index in [2.05, 4.69) is 37.8 Å². The molecule has 0 N–H and O–H groups in total. The van der Waals surface area contributed by atoms with Gasteiger partial charge in [-0.3, -0.25) is 4.98 Å². The average molecular weight is 344 g/mol. The topological polar surface area (TPSA) is 47.9 Å². The molecule has 0 unspecified atom stereocenters. The SMILES string of the molecule is CCCc1nc(Br)cc(Oc2cccc3cccnc23)n1. The Morgan fingerprint density at radius 3 is 2.86 bits per heavy atom. The van der Waals surface area contributed by atoms with Crippen molar-refractivity contribution in [2.75, 3.05) is 0 Å². The monoisotopic (exact) mass is 343 g/mol. The Balaban J connectivity index is 1.98. The lowest BCUT2D eigenvalue weighted by molar-refractivity contribution is 0.461. The number of hydrogen-bond acceptors (Lipinski definition) is 4. The number of aromatic nitrogens is 3. The van der Waals surface area contributed by atoms with Gasteiger partial charge in [0.1, 0.15) is 15.9 Å². The Hall–Kier alpha value is -2.01. The van der Waals surface area contributed by atoms with E-state index in [0.717, 1.165) is 34.2 Å². The third-order valence-electron chi connectivity index (χ3n) is 3.00. The third kappa shape index (κ3) is 3.19. The summed E-state index contributed by atoms with van der Waals surface area (Å²) in [4.78, 5) is 13.2. The lowest BCUT2D eigenvalue weighted by Gasteiger charge is -2.08. The van der Waals surface area contributed by atoms with Crippen LogP contribution in [-0.4, -0.2) is 15.0 Å². The number of fused-ring (bicyclic) bond motifs is 1. The first-order valence-corrected chi connectivity index (χ1v) is 7.60. The van der Waals surface area contributed by atoms with Crippen molar-refractivity contribution in [1.29, 1.82) is 0 Å². The molecule has 0 saturated carbocycles. The first-order chi connectivity index (χ1) is 10.3. The number of pyridine rings is 1. The molecule has 2 aromatic heterocycles. The molecule has 1 aromatic carbocycles. The van der Waals surface area contributed by atoms with Crippen LogP contribution in [0.25, 0.3) is 10.9 Å². The number of para-hydroxylation sites is 1. The molecule has 2 heterocycles. The van der Waals surface area contributed by atoms with E-state index in [4.69, 9.17) is 4.74 Å². The Morgan fingerprint density at radius 1 is 1.14 bits per heavy atom. The van der Waals surface area contributed by atoms with Gasteiger partial charge < -0.3 is 4.74 Å². The highest BCUT2D eigenvalue weighted by molar-refractivity contribution is 9.10. The minimum Gasteiger partial charge on any atom is -0.437 e. The van der Waals surface area contributed by atoms with Gasteiger partial charge in [-0.25, -0.2) is 4.98 Å². The van der Waals surface area contributed by atoms with Crippen molar-refractivity contribution >= 4 is 26.8 Å². The fourth-order valence-corrected chi connectivity index (χ4v) is 2.50. The fourth-order valence-electron chi connectivity index (χ4n) is 2.10. The van der Waals surface area contributed by atoms with Crippen LogP contribution < -0.4 is 4.74 Å². The van der Waals surface area contributed by atoms with E-state index in [9.17, 15) is 0 Å². The van der Waals surface area contributed by atoms with Crippen LogP contribution in [0.5, 0.6) is 11.6 Å². The maximum atomic E-state index is 5.92. The molecule has 0 spiro atoms. The highest BCUT2D eigenvalue weighted by Crippen LogP contribution is 2.28. The molecule has 0 bridgehead atoms. The lowest BCUT2D eigenvalue weighted by atomic mass is 10.2. The van der Waals surface area contributed by atoms with Gasteiger partial charge >= 0.3 is 0 Å². The van der Waals surface area contributed by atoms with E-state index in [0.29, 0.717) is 11.6 Å². The number of nitrogens with zero attached hydrogens (tertiary/aromatic N) is 3. The Morgan fingerprint density at radius 2 is 2.00 bits per heavy atom. The lowest BCUT2D eigenvalue weighted by Crippen LogP contribution is -1.98. The van der Waals surface area contributed by atoms with Gasteiger partial charge in [0.05, 0.1) is 0 Å². The predicted octanol–water partition coefficient (Wildman–Crippen LogP) is 4.53. The summed E-state index contributed by atoms with van der Waals surface area (Å²) in [7, 11) is 0. The van der Waals surface area contributed by atoms with Crippen molar-refractivity contribution in [3.05, 3.63) is 53.0 Å². The maximum Gasteiger partial charge on any atom is 0.223 e. The van der Waals surface area contributed by atoms with E-state index in [1.54, 1.807) is 12.3 Å². The first kappa shape index (κ1) is 13.9. The van der Waals surface area contributed by atoms with Gasteiger partial charge in [0, 0.05) is 24.1 Å². The normalized spacial score (nSPS) is 10.8. The molecule has 106 valence electrons. The van der Waals surface area contributed by atoms with Crippen LogP contribution in [0.3, 0.4) is 0 Å². The second-order valence-electron chi connectivity index (χ2n) is 4.63. The molecule has 0 amide bonds. The fraction of sp³-hybridized carbons (Fsp3) is 0.188. The van der Waals surface area contributed by atoms with Gasteiger partial charge in [-0.1, -0.05) is 25.1 Å². The van der Waals surface area contributed by atoms with E-state index in [1.807, 2.05) is 30.3 Å². The summed E-state index contributed by atoms with van der Waals surface area (Å²) in [6.45, 7) is 2.10. The van der Waals surface area contributed by atoms with Crippen LogP contribution in [0.1, 0.15) is 19.2 Å². The van der Waals surface area contributed by atoms with Gasteiger partial charge in [0.25, 0.3) is 0 Å². The zero-order chi connectivity index (χ0) is 14.7. The average Bonchev–Trinajstić information content (AvgIpc) is 2.47.